The zero-order valence-corrected chi connectivity index (χ0v) is 10.7. The number of nitrogens with zero attached hydrogens (tertiary/aromatic N) is 1. The molecule has 0 aromatic heterocycles. The zero-order valence-electron chi connectivity index (χ0n) is 9.88. The summed E-state index contributed by atoms with van der Waals surface area (Å²) < 4.78 is 28.8. The fourth-order valence-corrected chi connectivity index (χ4v) is 2.31. The van der Waals surface area contributed by atoms with Gasteiger partial charge in [-0.3, -0.25) is 0 Å². The minimum absolute atomic E-state index is 0.0192. The highest BCUT2D eigenvalue weighted by molar-refractivity contribution is 7.87. The largest absolute Gasteiger partial charge is 0.382 e. The molecule has 16 heavy (non-hydrogen) atoms. The van der Waals surface area contributed by atoms with Crippen molar-refractivity contribution in [2.24, 2.45) is 0 Å². The van der Waals surface area contributed by atoms with E-state index < -0.39 is 10.1 Å². The summed E-state index contributed by atoms with van der Waals surface area (Å²) in [6.07, 6.45) is 0. The maximum Gasteiger partial charge on any atom is 0.314 e. The number of benzene rings is 1. The van der Waals surface area contributed by atoms with Crippen LogP contribution in [0.4, 0.5) is 0 Å². The monoisotopic (exact) mass is 244 g/mol. The molecule has 0 unspecified atom stereocenters. The van der Waals surface area contributed by atoms with Gasteiger partial charge in [0.25, 0.3) is 0 Å². The van der Waals surface area contributed by atoms with Gasteiger partial charge in [-0.15, -0.1) is 0 Å². The summed E-state index contributed by atoms with van der Waals surface area (Å²) in [5.74, 6) is 0.384. The fourth-order valence-electron chi connectivity index (χ4n) is 1.05. The van der Waals surface area contributed by atoms with Gasteiger partial charge in [0.2, 0.25) is 0 Å². The van der Waals surface area contributed by atoms with E-state index in [0.717, 1.165) is 0 Å². The number of rotatable bonds is 5. The zero-order chi connectivity index (χ0) is 12.2. The lowest BCUT2D eigenvalue weighted by atomic mass is 10.3. The Balaban J connectivity index is 2.60. The molecule has 0 heterocycles. The third-order valence-electron chi connectivity index (χ3n) is 1.98. The second-order valence-electron chi connectivity index (χ2n) is 4.67. The first kappa shape index (κ1) is 13.0. The molecule has 0 saturated carbocycles. The predicted molar refractivity (Wildman–Crippen MR) is 63.8 cm³/mol. The molecule has 0 spiro atoms. The van der Waals surface area contributed by atoms with Crippen LogP contribution in [0.1, 0.15) is 0 Å². The first-order chi connectivity index (χ1) is 7.29. The maximum atomic E-state index is 11.6. The van der Waals surface area contributed by atoms with Gasteiger partial charge in [-0.05, 0) is 12.1 Å². The SMILES string of the molecule is C[N+](C)(C)CCS(=O)(=O)Oc1ccccc1. The molecule has 4 nitrogen and oxygen atoms in total. The third-order valence-corrected chi connectivity index (χ3v) is 3.11. The minimum atomic E-state index is -3.48. The molecule has 0 aliphatic rings. The Morgan fingerprint density at radius 1 is 1.12 bits per heavy atom. The molecule has 0 aliphatic heterocycles. The molecule has 0 aliphatic carbocycles. The van der Waals surface area contributed by atoms with E-state index >= 15 is 0 Å². The highest BCUT2D eigenvalue weighted by atomic mass is 32.2. The van der Waals surface area contributed by atoms with Crippen molar-refractivity contribution in [1.82, 2.24) is 0 Å². The van der Waals surface area contributed by atoms with Crippen LogP contribution in [0.15, 0.2) is 30.3 Å². The number of para-hydroxylation sites is 1. The number of hydrogen-bond donors (Lipinski definition) is 0. The smallest absolute Gasteiger partial charge is 0.314 e. The number of hydrogen-bond acceptors (Lipinski definition) is 3. The van der Waals surface area contributed by atoms with Gasteiger partial charge in [0.05, 0.1) is 27.7 Å². The quantitative estimate of drug-likeness (QED) is 0.575. The summed E-state index contributed by atoms with van der Waals surface area (Å²) >= 11 is 0. The summed E-state index contributed by atoms with van der Waals surface area (Å²) in [4.78, 5) is 0. The fraction of sp³-hybridized carbons (Fsp3) is 0.455. The molecule has 0 saturated heterocycles. The van der Waals surface area contributed by atoms with Crippen LogP contribution in [0, 0.1) is 0 Å². The highest BCUT2D eigenvalue weighted by Crippen LogP contribution is 2.11. The van der Waals surface area contributed by atoms with Gasteiger partial charge in [0.1, 0.15) is 11.5 Å². The molecular formula is C11H18NO3S+. The Kier molecular flexibility index (Phi) is 3.93. The van der Waals surface area contributed by atoms with Crippen molar-refractivity contribution in [3.63, 3.8) is 0 Å². The molecule has 90 valence electrons. The Morgan fingerprint density at radius 3 is 2.19 bits per heavy atom. The summed E-state index contributed by atoms with van der Waals surface area (Å²) in [6, 6.07) is 8.55. The van der Waals surface area contributed by atoms with Crippen LogP contribution in [0.5, 0.6) is 5.75 Å². The van der Waals surface area contributed by atoms with Crippen LogP contribution in [-0.2, 0) is 10.1 Å². The van der Waals surface area contributed by atoms with Crippen LogP contribution < -0.4 is 4.18 Å². The topological polar surface area (TPSA) is 43.4 Å². The normalized spacial score (nSPS) is 12.4. The Hall–Kier alpha value is -1.07. The van der Waals surface area contributed by atoms with Crippen LogP contribution in [-0.4, -0.2) is 46.3 Å². The first-order valence-corrected chi connectivity index (χ1v) is 6.64. The van der Waals surface area contributed by atoms with Crippen LogP contribution >= 0.6 is 0 Å². The standard InChI is InChI=1S/C11H18NO3S/c1-12(2,3)9-10-16(13,14)15-11-7-5-4-6-8-11/h4-8H,9-10H2,1-3H3/q+1. The van der Waals surface area contributed by atoms with Gasteiger partial charge in [-0.2, -0.15) is 8.42 Å². The average molecular weight is 244 g/mol. The van der Waals surface area contributed by atoms with Crippen LogP contribution in [0.3, 0.4) is 0 Å². The van der Waals surface area contributed by atoms with Crippen LogP contribution in [0.25, 0.3) is 0 Å². The van der Waals surface area contributed by atoms with Gasteiger partial charge in [0, 0.05) is 0 Å². The third kappa shape index (κ3) is 5.14. The second-order valence-corrected chi connectivity index (χ2v) is 6.36. The lowest BCUT2D eigenvalue weighted by molar-refractivity contribution is -0.867. The molecule has 0 radical (unpaired) electrons. The molecular weight excluding hydrogens is 226 g/mol. The van der Waals surface area contributed by atoms with Gasteiger partial charge >= 0.3 is 10.1 Å². The molecule has 0 bridgehead atoms. The molecule has 0 fully saturated rings. The molecule has 5 heteroatoms. The van der Waals surface area contributed by atoms with Crippen molar-refractivity contribution < 1.29 is 17.1 Å². The maximum absolute atomic E-state index is 11.6. The van der Waals surface area contributed by atoms with E-state index in [-0.39, 0.29) is 5.75 Å². The summed E-state index contributed by atoms with van der Waals surface area (Å²) in [6.45, 7) is 0.523. The molecule has 0 amide bonds. The van der Waals surface area contributed by atoms with E-state index in [1.165, 1.54) is 0 Å². The van der Waals surface area contributed by atoms with E-state index in [2.05, 4.69) is 0 Å². The molecule has 1 aromatic carbocycles. The second kappa shape index (κ2) is 4.84. The van der Waals surface area contributed by atoms with Gasteiger partial charge in [-0.1, -0.05) is 18.2 Å². The van der Waals surface area contributed by atoms with Crippen molar-refractivity contribution in [3.8, 4) is 5.75 Å². The minimum Gasteiger partial charge on any atom is -0.382 e. The predicted octanol–water partition coefficient (Wildman–Crippen LogP) is 1.10. The molecule has 1 aromatic rings. The van der Waals surface area contributed by atoms with Gasteiger partial charge in [-0.25, -0.2) is 0 Å². The van der Waals surface area contributed by atoms with Crippen molar-refractivity contribution in [2.45, 2.75) is 0 Å². The first-order valence-electron chi connectivity index (χ1n) is 5.06. The van der Waals surface area contributed by atoms with Gasteiger partial charge in [0.15, 0.2) is 0 Å². The summed E-state index contributed by atoms with van der Waals surface area (Å²) in [7, 11) is 2.34. The van der Waals surface area contributed by atoms with E-state index in [0.29, 0.717) is 16.8 Å². The Bertz CT molecular complexity index is 420. The molecule has 0 N–H and O–H groups in total. The lowest BCUT2D eigenvalue weighted by Crippen LogP contribution is -2.39. The average Bonchev–Trinajstić information content (AvgIpc) is 2.15. The summed E-state index contributed by atoms with van der Waals surface area (Å²) in [5, 5.41) is 0. The van der Waals surface area contributed by atoms with E-state index in [1.807, 2.05) is 27.2 Å². The van der Waals surface area contributed by atoms with Crippen molar-refractivity contribution in [1.29, 1.82) is 0 Å². The van der Waals surface area contributed by atoms with E-state index in [4.69, 9.17) is 4.18 Å². The van der Waals surface area contributed by atoms with Crippen molar-refractivity contribution in [2.75, 3.05) is 33.4 Å². The Morgan fingerprint density at radius 2 is 1.69 bits per heavy atom. The van der Waals surface area contributed by atoms with Crippen molar-refractivity contribution >= 4 is 10.1 Å². The summed E-state index contributed by atoms with van der Waals surface area (Å²) in [5.41, 5.74) is 0. The Labute approximate surface area is 97.2 Å². The van der Waals surface area contributed by atoms with Crippen LogP contribution in [0.2, 0.25) is 0 Å². The van der Waals surface area contributed by atoms with E-state index in [1.54, 1.807) is 24.3 Å². The highest BCUT2D eigenvalue weighted by Gasteiger charge is 2.18. The van der Waals surface area contributed by atoms with Crippen molar-refractivity contribution in [3.05, 3.63) is 30.3 Å². The molecule has 0 atom stereocenters. The van der Waals surface area contributed by atoms with Gasteiger partial charge < -0.3 is 8.67 Å². The van der Waals surface area contributed by atoms with E-state index in [9.17, 15) is 8.42 Å². The lowest BCUT2D eigenvalue weighted by Gasteiger charge is -2.23. The molecule has 1 rings (SSSR count). The number of quaternary nitrogens is 1.